The summed E-state index contributed by atoms with van der Waals surface area (Å²) < 4.78 is 0. The molecule has 0 saturated heterocycles. The van der Waals surface area contributed by atoms with Crippen LogP contribution in [-0.4, -0.2) is 29.2 Å². The number of rotatable bonds is 4. The van der Waals surface area contributed by atoms with Gasteiger partial charge in [-0.1, -0.05) is 11.6 Å². The lowest BCUT2D eigenvalue weighted by atomic mass is 10.5. The minimum absolute atomic E-state index is 0.0428. The number of carbonyl (C=O) groups is 1. The van der Waals surface area contributed by atoms with Crippen molar-refractivity contribution in [3.05, 3.63) is 15.0 Å². The second-order valence-corrected chi connectivity index (χ2v) is 3.92. The fourth-order valence-corrected chi connectivity index (χ4v) is 1.83. The minimum Gasteiger partial charge on any atom is -0.394 e. The summed E-state index contributed by atoms with van der Waals surface area (Å²) >= 11 is 6.87. The van der Waals surface area contributed by atoms with E-state index in [0.29, 0.717) is 9.88 Å². The van der Waals surface area contributed by atoms with E-state index >= 15 is 0 Å². The maximum Gasteiger partial charge on any atom is 0.288 e. The van der Waals surface area contributed by atoms with Crippen LogP contribution in [0.5, 0.6) is 0 Å². The molecule has 1 rings (SSSR count). The van der Waals surface area contributed by atoms with Crippen LogP contribution in [0, 0.1) is 6.92 Å². The molecular formula is C7H9ClN2O3S. The number of aryl methyl sites for hydroxylation is 1. The Morgan fingerprint density at radius 3 is 3.00 bits per heavy atom. The van der Waals surface area contributed by atoms with Gasteiger partial charge in [0, 0.05) is 0 Å². The van der Waals surface area contributed by atoms with E-state index in [1.807, 2.05) is 0 Å². The van der Waals surface area contributed by atoms with Crippen LogP contribution >= 0.6 is 22.9 Å². The Balaban J connectivity index is 2.56. The van der Waals surface area contributed by atoms with Crippen molar-refractivity contribution in [2.75, 3.05) is 13.2 Å². The summed E-state index contributed by atoms with van der Waals surface area (Å²) in [5, 5.41) is 9.27. The predicted molar refractivity (Wildman–Crippen MR) is 52.4 cm³/mol. The third-order valence-corrected chi connectivity index (χ3v) is 2.61. The summed E-state index contributed by atoms with van der Waals surface area (Å²) in [7, 11) is 0. The summed E-state index contributed by atoms with van der Waals surface area (Å²) in [6.45, 7) is 1.64. The number of aromatic nitrogens is 1. The molecule has 5 nitrogen and oxygen atoms in total. The molecule has 1 aromatic rings. The smallest absolute Gasteiger partial charge is 0.288 e. The van der Waals surface area contributed by atoms with Crippen molar-refractivity contribution in [1.29, 1.82) is 0 Å². The van der Waals surface area contributed by atoms with Gasteiger partial charge in [0.05, 0.1) is 18.2 Å². The van der Waals surface area contributed by atoms with Crippen molar-refractivity contribution >= 4 is 28.8 Å². The Hall–Kier alpha value is -0.690. The summed E-state index contributed by atoms with van der Waals surface area (Å²) in [6.07, 6.45) is 0. The lowest BCUT2D eigenvalue weighted by molar-refractivity contribution is 0.0171. The summed E-state index contributed by atoms with van der Waals surface area (Å²) in [4.78, 5) is 20.1. The summed E-state index contributed by atoms with van der Waals surface area (Å²) in [5.41, 5.74) is 2.14. The van der Waals surface area contributed by atoms with Crippen LogP contribution in [0.3, 0.4) is 0 Å². The summed E-state index contributed by atoms with van der Waals surface area (Å²) in [5.74, 6) is -0.450. The third-order valence-electron chi connectivity index (χ3n) is 1.26. The zero-order valence-corrected chi connectivity index (χ0v) is 8.98. The normalized spacial score (nSPS) is 10.2. The van der Waals surface area contributed by atoms with Crippen LogP contribution in [0.4, 0.5) is 0 Å². The fourth-order valence-electron chi connectivity index (χ4n) is 0.750. The van der Waals surface area contributed by atoms with Crippen molar-refractivity contribution in [3.63, 3.8) is 0 Å². The number of halogens is 1. The van der Waals surface area contributed by atoms with Crippen molar-refractivity contribution in [2.24, 2.45) is 0 Å². The first-order valence-electron chi connectivity index (χ1n) is 3.81. The molecule has 1 amide bonds. The van der Waals surface area contributed by atoms with Gasteiger partial charge in [-0.3, -0.25) is 9.63 Å². The summed E-state index contributed by atoms with van der Waals surface area (Å²) in [6, 6.07) is 0. The van der Waals surface area contributed by atoms with Crippen LogP contribution in [0.1, 0.15) is 14.7 Å². The number of aliphatic hydroxyl groups excluding tert-OH is 1. The van der Waals surface area contributed by atoms with Gasteiger partial charge in [-0.15, -0.1) is 11.3 Å². The van der Waals surface area contributed by atoms with E-state index in [-0.39, 0.29) is 18.4 Å². The third kappa shape index (κ3) is 2.91. The number of thiazole rings is 1. The maximum atomic E-state index is 11.3. The Bertz CT molecular complexity index is 329. The molecule has 0 radical (unpaired) electrons. The van der Waals surface area contributed by atoms with Crippen molar-refractivity contribution in [1.82, 2.24) is 10.5 Å². The lowest BCUT2D eigenvalue weighted by Crippen LogP contribution is -2.24. The zero-order chi connectivity index (χ0) is 10.6. The molecule has 0 saturated carbocycles. The molecule has 0 unspecified atom stereocenters. The highest BCUT2D eigenvalue weighted by atomic mass is 35.5. The van der Waals surface area contributed by atoms with Crippen LogP contribution in [0.25, 0.3) is 0 Å². The first-order chi connectivity index (χ1) is 6.65. The number of nitrogens with zero attached hydrogens (tertiary/aromatic N) is 1. The molecule has 0 atom stereocenters. The molecule has 1 aromatic heterocycles. The average molecular weight is 237 g/mol. The zero-order valence-electron chi connectivity index (χ0n) is 7.41. The number of hydroxylamine groups is 1. The van der Waals surface area contributed by atoms with E-state index < -0.39 is 5.91 Å². The highest BCUT2D eigenvalue weighted by Gasteiger charge is 2.14. The molecule has 0 bridgehead atoms. The number of amides is 1. The second-order valence-electron chi connectivity index (χ2n) is 2.36. The van der Waals surface area contributed by atoms with Crippen molar-refractivity contribution in [2.45, 2.75) is 6.92 Å². The molecule has 14 heavy (non-hydrogen) atoms. The Labute approximate surface area is 89.6 Å². The van der Waals surface area contributed by atoms with Gasteiger partial charge in [0.25, 0.3) is 5.91 Å². The number of carbonyl (C=O) groups excluding carboxylic acids is 1. The van der Waals surface area contributed by atoms with Gasteiger partial charge in [-0.05, 0) is 6.92 Å². The van der Waals surface area contributed by atoms with E-state index in [1.165, 1.54) is 11.3 Å². The first-order valence-corrected chi connectivity index (χ1v) is 5.00. The van der Waals surface area contributed by atoms with Gasteiger partial charge >= 0.3 is 0 Å². The SMILES string of the molecule is Cc1nc(Cl)c(C(=O)NOCCO)s1. The van der Waals surface area contributed by atoms with Crippen molar-refractivity contribution < 1.29 is 14.7 Å². The monoisotopic (exact) mass is 236 g/mol. The molecule has 2 N–H and O–H groups in total. The van der Waals surface area contributed by atoms with Gasteiger partial charge in [-0.2, -0.15) is 0 Å². The fraction of sp³-hybridized carbons (Fsp3) is 0.429. The van der Waals surface area contributed by atoms with Gasteiger partial charge < -0.3 is 5.11 Å². The van der Waals surface area contributed by atoms with Crippen molar-refractivity contribution in [3.8, 4) is 0 Å². The van der Waals surface area contributed by atoms with Crippen LogP contribution in [0.15, 0.2) is 0 Å². The topological polar surface area (TPSA) is 71.5 Å². The van der Waals surface area contributed by atoms with E-state index in [2.05, 4.69) is 15.3 Å². The molecule has 0 aliphatic rings. The standard InChI is InChI=1S/C7H9ClN2O3S/c1-4-9-6(8)5(14-4)7(12)10-13-3-2-11/h11H,2-3H2,1H3,(H,10,12). The van der Waals surface area contributed by atoms with E-state index in [4.69, 9.17) is 16.7 Å². The predicted octanol–water partition coefficient (Wildman–Crippen LogP) is 0.759. The molecule has 78 valence electrons. The Morgan fingerprint density at radius 2 is 2.50 bits per heavy atom. The minimum atomic E-state index is -0.450. The number of aliphatic hydroxyl groups is 1. The maximum absolute atomic E-state index is 11.3. The van der Waals surface area contributed by atoms with Gasteiger partial charge in [-0.25, -0.2) is 10.5 Å². The number of nitrogens with one attached hydrogen (secondary N) is 1. The molecule has 0 aliphatic carbocycles. The van der Waals surface area contributed by atoms with E-state index in [9.17, 15) is 4.79 Å². The van der Waals surface area contributed by atoms with Gasteiger partial charge in [0.15, 0.2) is 5.15 Å². The van der Waals surface area contributed by atoms with Crippen LogP contribution < -0.4 is 5.48 Å². The molecule has 0 spiro atoms. The van der Waals surface area contributed by atoms with Crippen LogP contribution in [0.2, 0.25) is 5.15 Å². The highest BCUT2D eigenvalue weighted by Crippen LogP contribution is 2.21. The average Bonchev–Trinajstić information content (AvgIpc) is 2.45. The second kappa shape index (κ2) is 5.26. The molecule has 0 aliphatic heterocycles. The molecule has 1 heterocycles. The Kier molecular flexibility index (Phi) is 4.27. The first kappa shape index (κ1) is 11.4. The van der Waals surface area contributed by atoms with E-state index in [0.717, 1.165) is 0 Å². The lowest BCUT2D eigenvalue weighted by Gasteiger charge is -2.01. The van der Waals surface area contributed by atoms with Crippen LogP contribution in [-0.2, 0) is 4.84 Å². The Morgan fingerprint density at radius 1 is 1.79 bits per heavy atom. The highest BCUT2D eigenvalue weighted by molar-refractivity contribution is 7.14. The number of hydrogen-bond acceptors (Lipinski definition) is 5. The largest absolute Gasteiger partial charge is 0.394 e. The van der Waals surface area contributed by atoms with Gasteiger partial charge in [0.2, 0.25) is 0 Å². The number of hydrogen-bond donors (Lipinski definition) is 2. The quantitative estimate of drug-likeness (QED) is 0.598. The van der Waals surface area contributed by atoms with E-state index in [1.54, 1.807) is 6.92 Å². The molecular weight excluding hydrogens is 228 g/mol. The molecule has 7 heteroatoms. The molecule has 0 fully saturated rings. The molecule has 0 aromatic carbocycles. The van der Waals surface area contributed by atoms with Gasteiger partial charge in [0.1, 0.15) is 4.88 Å².